The maximum Gasteiger partial charge on any atom is 0.165 e. The van der Waals surface area contributed by atoms with Crippen LogP contribution in [0, 0.1) is 11.8 Å². The van der Waals surface area contributed by atoms with Gasteiger partial charge in [0.05, 0.1) is 11.0 Å². The first-order valence-corrected chi connectivity index (χ1v) is 10.0. The number of ether oxygens (including phenoxy) is 1. The van der Waals surface area contributed by atoms with E-state index in [4.69, 9.17) is 4.74 Å². The SMILES string of the molecule is C[C@@H]1CC[C@]2(O)[C@@H]3Cc4ccc(O)c5c4[C@]2(CCN3CC2CC2)[C@@H]1O5. The molecule has 3 fully saturated rings. The van der Waals surface area contributed by atoms with Gasteiger partial charge in [0.1, 0.15) is 6.10 Å². The van der Waals surface area contributed by atoms with Crippen molar-refractivity contribution in [2.24, 2.45) is 11.8 Å². The molecule has 2 saturated carbocycles. The van der Waals surface area contributed by atoms with E-state index in [1.807, 2.05) is 0 Å². The highest BCUT2D eigenvalue weighted by atomic mass is 16.5. The zero-order chi connectivity index (χ0) is 17.0. The number of rotatable bonds is 2. The first kappa shape index (κ1) is 14.9. The van der Waals surface area contributed by atoms with Crippen LogP contribution in [0.3, 0.4) is 0 Å². The van der Waals surface area contributed by atoms with E-state index >= 15 is 0 Å². The van der Waals surface area contributed by atoms with E-state index in [9.17, 15) is 10.2 Å². The molecule has 1 spiro atoms. The third-order valence-electron chi connectivity index (χ3n) is 8.06. The first-order valence-electron chi connectivity index (χ1n) is 10.0. The second-order valence-electron chi connectivity index (χ2n) is 9.31. The third-order valence-corrected chi connectivity index (χ3v) is 8.06. The van der Waals surface area contributed by atoms with E-state index in [-0.39, 0.29) is 23.3 Å². The van der Waals surface area contributed by atoms with E-state index in [0.717, 1.165) is 50.3 Å². The lowest BCUT2D eigenvalue weighted by Gasteiger charge is -2.64. The molecule has 4 nitrogen and oxygen atoms in total. The van der Waals surface area contributed by atoms with Gasteiger partial charge in [-0.2, -0.15) is 0 Å². The minimum Gasteiger partial charge on any atom is -0.504 e. The molecule has 1 saturated heterocycles. The Kier molecular flexibility index (Phi) is 2.69. The molecule has 2 bridgehead atoms. The molecular formula is C21H27NO3. The van der Waals surface area contributed by atoms with Crippen molar-refractivity contribution in [2.45, 2.75) is 68.6 Å². The second-order valence-corrected chi connectivity index (χ2v) is 9.31. The fourth-order valence-corrected chi connectivity index (χ4v) is 6.73. The van der Waals surface area contributed by atoms with Gasteiger partial charge in [0, 0.05) is 18.2 Å². The Hall–Kier alpha value is -1.26. The molecule has 5 atom stereocenters. The molecule has 4 heteroatoms. The van der Waals surface area contributed by atoms with Crippen LogP contribution in [0.15, 0.2) is 12.1 Å². The Labute approximate surface area is 148 Å². The van der Waals surface area contributed by atoms with E-state index in [0.29, 0.717) is 11.7 Å². The zero-order valence-corrected chi connectivity index (χ0v) is 14.9. The van der Waals surface area contributed by atoms with Gasteiger partial charge >= 0.3 is 0 Å². The average Bonchev–Trinajstić information content (AvgIpc) is 3.32. The van der Waals surface area contributed by atoms with Crippen molar-refractivity contribution in [3.63, 3.8) is 0 Å². The van der Waals surface area contributed by atoms with Crippen molar-refractivity contribution in [1.82, 2.24) is 4.90 Å². The molecule has 6 rings (SSSR count). The number of hydrogen-bond acceptors (Lipinski definition) is 4. The van der Waals surface area contributed by atoms with Crippen LogP contribution in [-0.4, -0.2) is 45.9 Å². The van der Waals surface area contributed by atoms with Crippen molar-refractivity contribution >= 4 is 0 Å². The van der Waals surface area contributed by atoms with Crippen molar-refractivity contribution < 1.29 is 14.9 Å². The molecule has 0 radical (unpaired) electrons. The maximum atomic E-state index is 12.1. The molecule has 2 aliphatic heterocycles. The van der Waals surface area contributed by atoms with Gasteiger partial charge in [-0.1, -0.05) is 13.0 Å². The number of hydrogen-bond donors (Lipinski definition) is 2. The van der Waals surface area contributed by atoms with Gasteiger partial charge < -0.3 is 14.9 Å². The number of likely N-dealkylation sites (tertiary alicyclic amines) is 1. The number of phenolic OH excluding ortho intramolecular Hbond substituents is 1. The minimum atomic E-state index is -0.719. The van der Waals surface area contributed by atoms with Crippen molar-refractivity contribution in [2.75, 3.05) is 13.1 Å². The van der Waals surface area contributed by atoms with Crippen LogP contribution >= 0.6 is 0 Å². The molecule has 134 valence electrons. The summed E-state index contributed by atoms with van der Waals surface area (Å²) < 4.78 is 6.39. The molecule has 3 aliphatic carbocycles. The molecule has 0 amide bonds. The normalized spacial score (nSPS) is 44.3. The van der Waals surface area contributed by atoms with E-state index in [2.05, 4.69) is 17.9 Å². The van der Waals surface area contributed by atoms with Crippen LogP contribution in [-0.2, 0) is 11.8 Å². The highest BCUT2D eigenvalue weighted by Gasteiger charge is 2.72. The molecule has 5 aliphatic rings. The number of nitrogens with zero attached hydrogens (tertiary/aromatic N) is 1. The molecular weight excluding hydrogens is 314 g/mol. The average molecular weight is 341 g/mol. The van der Waals surface area contributed by atoms with Crippen LogP contribution in [0.2, 0.25) is 0 Å². The Morgan fingerprint density at radius 2 is 2.08 bits per heavy atom. The van der Waals surface area contributed by atoms with Crippen LogP contribution in [0.25, 0.3) is 0 Å². The molecule has 25 heavy (non-hydrogen) atoms. The maximum absolute atomic E-state index is 12.1. The second kappa shape index (κ2) is 4.52. The van der Waals surface area contributed by atoms with Gasteiger partial charge in [0.25, 0.3) is 0 Å². The zero-order valence-electron chi connectivity index (χ0n) is 14.9. The lowest BCUT2D eigenvalue weighted by atomic mass is 9.47. The number of phenols is 1. The summed E-state index contributed by atoms with van der Waals surface area (Å²) in [6.45, 7) is 4.44. The van der Waals surface area contributed by atoms with Crippen LogP contribution in [0.5, 0.6) is 11.5 Å². The van der Waals surface area contributed by atoms with Gasteiger partial charge in [-0.15, -0.1) is 0 Å². The van der Waals surface area contributed by atoms with Gasteiger partial charge in [0.2, 0.25) is 0 Å². The predicted molar refractivity (Wildman–Crippen MR) is 94.0 cm³/mol. The monoisotopic (exact) mass is 341 g/mol. The van der Waals surface area contributed by atoms with Crippen LogP contribution in [0.1, 0.15) is 50.2 Å². The van der Waals surface area contributed by atoms with E-state index < -0.39 is 5.60 Å². The largest absolute Gasteiger partial charge is 0.504 e. The highest BCUT2D eigenvalue weighted by Crippen LogP contribution is 2.66. The number of aliphatic hydroxyl groups is 1. The third kappa shape index (κ3) is 1.62. The summed E-state index contributed by atoms with van der Waals surface area (Å²) in [5, 5.41) is 22.6. The lowest BCUT2D eigenvalue weighted by Crippen LogP contribution is -2.76. The lowest BCUT2D eigenvalue weighted by molar-refractivity contribution is -0.196. The summed E-state index contributed by atoms with van der Waals surface area (Å²) >= 11 is 0. The van der Waals surface area contributed by atoms with Gasteiger partial charge in [-0.25, -0.2) is 0 Å². The summed E-state index contributed by atoms with van der Waals surface area (Å²) in [5.74, 6) is 2.17. The smallest absolute Gasteiger partial charge is 0.165 e. The summed E-state index contributed by atoms with van der Waals surface area (Å²) in [6, 6.07) is 4.06. The Balaban J connectivity index is 1.57. The quantitative estimate of drug-likeness (QED) is 0.868. The molecule has 2 heterocycles. The standard InChI is InChI=1S/C21H27NO3/c1-12-6-7-21(24)16-10-14-4-5-15(23)18-17(14)20(21,19(12)25-18)8-9-22(16)11-13-2-3-13/h4-5,12-13,16,19,23-24H,2-3,6-11H2,1H3/t12-,16+,19-,20-,21+/m1/s1. The highest BCUT2D eigenvalue weighted by molar-refractivity contribution is 5.62. The van der Waals surface area contributed by atoms with Gasteiger partial charge in [-0.05, 0) is 68.5 Å². The molecule has 1 aromatic carbocycles. The fourth-order valence-electron chi connectivity index (χ4n) is 6.73. The fraction of sp³-hybridized carbons (Fsp3) is 0.714. The Morgan fingerprint density at radius 1 is 1.24 bits per heavy atom. The molecule has 0 unspecified atom stereocenters. The summed E-state index contributed by atoms with van der Waals surface area (Å²) in [7, 11) is 0. The number of piperidine rings is 1. The van der Waals surface area contributed by atoms with Gasteiger partial charge in [0.15, 0.2) is 11.5 Å². The number of aromatic hydroxyl groups is 1. The van der Waals surface area contributed by atoms with Crippen molar-refractivity contribution in [1.29, 1.82) is 0 Å². The summed E-state index contributed by atoms with van der Waals surface area (Å²) in [4.78, 5) is 2.59. The van der Waals surface area contributed by atoms with E-state index in [1.165, 1.54) is 18.4 Å². The van der Waals surface area contributed by atoms with Crippen LogP contribution < -0.4 is 4.74 Å². The molecule has 0 aromatic heterocycles. The summed E-state index contributed by atoms with van der Waals surface area (Å²) in [5.41, 5.74) is 1.40. The predicted octanol–water partition coefficient (Wildman–Crippen LogP) is 2.59. The topological polar surface area (TPSA) is 52.9 Å². The Bertz CT molecular complexity index is 760. The number of benzene rings is 1. The van der Waals surface area contributed by atoms with Crippen molar-refractivity contribution in [3.05, 3.63) is 23.3 Å². The van der Waals surface area contributed by atoms with Crippen molar-refractivity contribution in [3.8, 4) is 11.5 Å². The minimum absolute atomic E-state index is 0.000764. The molecule has 2 N–H and O–H groups in total. The molecule has 1 aromatic rings. The Morgan fingerprint density at radius 3 is 2.88 bits per heavy atom. The summed E-state index contributed by atoms with van der Waals surface area (Å²) in [6.07, 6.45) is 6.39. The van der Waals surface area contributed by atoms with Crippen LogP contribution in [0.4, 0.5) is 0 Å². The first-order chi connectivity index (χ1) is 12.0. The van der Waals surface area contributed by atoms with E-state index in [1.54, 1.807) is 6.07 Å². The van der Waals surface area contributed by atoms with Gasteiger partial charge in [-0.3, -0.25) is 4.90 Å².